The van der Waals surface area contributed by atoms with Crippen LogP contribution in [0.5, 0.6) is 0 Å². The second-order valence-electron chi connectivity index (χ2n) is 4.93. The predicted octanol–water partition coefficient (Wildman–Crippen LogP) is 2.95. The fourth-order valence-corrected chi connectivity index (χ4v) is 2.89. The van der Waals surface area contributed by atoms with Gasteiger partial charge in [0, 0.05) is 29.7 Å². The maximum Gasteiger partial charge on any atom is 0.193 e. The molecule has 0 saturated heterocycles. The fourth-order valence-electron chi connectivity index (χ4n) is 2.17. The van der Waals surface area contributed by atoms with E-state index in [1.54, 1.807) is 23.5 Å². The average Bonchev–Trinajstić information content (AvgIpc) is 2.89. The Morgan fingerprint density at radius 2 is 2.11 bits per heavy atom. The number of nitrogens with two attached hydrogens (primary N) is 1. The van der Waals surface area contributed by atoms with Gasteiger partial charge in [0.1, 0.15) is 5.82 Å². The molecule has 3 rings (SSSR count). The lowest BCUT2D eigenvalue weighted by molar-refractivity contribution is 0.485. The third kappa shape index (κ3) is 2.39. The van der Waals surface area contributed by atoms with Crippen molar-refractivity contribution >= 4 is 16.3 Å². The molecule has 1 unspecified atom stereocenters. The monoisotopic (exact) mass is 275 g/mol. The number of nitrogens with zero attached hydrogens (tertiary/aromatic N) is 2. The summed E-state index contributed by atoms with van der Waals surface area (Å²) in [6.45, 7) is 1.94. The molecule has 1 aromatic carbocycles. The Labute approximate surface area is 114 Å². The molecule has 0 aliphatic rings. The van der Waals surface area contributed by atoms with Gasteiger partial charge in [0.15, 0.2) is 4.96 Å². The summed E-state index contributed by atoms with van der Waals surface area (Å²) in [4.78, 5) is 5.49. The molecular weight excluding hydrogens is 261 g/mol. The molecule has 0 aliphatic carbocycles. The quantitative estimate of drug-likeness (QED) is 0.798. The van der Waals surface area contributed by atoms with Crippen LogP contribution in [-0.2, 0) is 12.0 Å². The van der Waals surface area contributed by atoms with Crippen molar-refractivity contribution in [2.24, 2.45) is 5.73 Å². The Balaban J connectivity index is 1.88. The summed E-state index contributed by atoms with van der Waals surface area (Å²) in [5.74, 6) is -0.248. The van der Waals surface area contributed by atoms with Crippen LogP contribution in [0, 0.1) is 5.82 Å². The van der Waals surface area contributed by atoms with E-state index >= 15 is 0 Å². The highest BCUT2D eigenvalue weighted by Crippen LogP contribution is 2.23. The summed E-state index contributed by atoms with van der Waals surface area (Å²) < 4.78 is 14.9. The smallest absolute Gasteiger partial charge is 0.193 e. The Hall–Kier alpha value is -1.72. The number of thiazole rings is 1. The number of benzene rings is 1. The fraction of sp³-hybridized carbons (Fsp3) is 0.214. The van der Waals surface area contributed by atoms with E-state index in [9.17, 15) is 4.39 Å². The molecule has 2 N–H and O–H groups in total. The number of fused-ring (bicyclic) bond motifs is 1. The molecule has 0 radical (unpaired) electrons. The normalized spacial score (nSPS) is 14.7. The van der Waals surface area contributed by atoms with E-state index in [0.29, 0.717) is 6.42 Å². The number of imidazole rings is 1. The molecule has 3 aromatic rings. The Morgan fingerprint density at radius 3 is 2.79 bits per heavy atom. The summed E-state index contributed by atoms with van der Waals surface area (Å²) in [7, 11) is 0. The summed E-state index contributed by atoms with van der Waals surface area (Å²) >= 11 is 1.59. The van der Waals surface area contributed by atoms with Gasteiger partial charge in [0.2, 0.25) is 0 Å². The van der Waals surface area contributed by atoms with Gasteiger partial charge in [-0.2, -0.15) is 0 Å². The molecule has 0 fully saturated rings. The highest BCUT2D eigenvalue weighted by molar-refractivity contribution is 7.15. The molecule has 5 heteroatoms. The Kier molecular flexibility index (Phi) is 2.88. The van der Waals surface area contributed by atoms with E-state index < -0.39 is 5.54 Å². The van der Waals surface area contributed by atoms with Crippen LogP contribution in [0.15, 0.2) is 42.0 Å². The van der Waals surface area contributed by atoms with Crippen molar-refractivity contribution < 1.29 is 4.39 Å². The van der Waals surface area contributed by atoms with Gasteiger partial charge in [-0.1, -0.05) is 12.1 Å². The summed E-state index contributed by atoms with van der Waals surface area (Å²) in [5.41, 5.74) is 7.64. The predicted molar refractivity (Wildman–Crippen MR) is 74.7 cm³/mol. The van der Waals surface area contributed by atoms with Gasteiger partial charge in [-0.05, 0) is 24.6 Å². The average molecular weight is 275 g/mol. The molecule has 1 atom stereocenters. The maximum absolute atomic E-state index is 12.9. The number of halogens is 1. The van der Waals surface area contributed by atoms with Gasteiger partial charge in [-0.25, -0.2) is 9.37 Å². The number of hydrogen-bond acceptors (Lipinski definition) is 3. The van der Waals surface area contributed by atoms with Crippen molar-refractivity contribution in [2.45, 2.75) is 18.9 Å². The number of rotatable bonds is 3. The third-order valence-electron chi connectivity index (χ3n) is 3.20. The molecule has 0 amide bonds. The van der Waals surface area contributed by atoms with E-state index in [0.717, 1.165) is 16.2 Å². The van der Waals surface area contributed by atoms with Crippen LogP contribution in [0.1, 0.15) is 18.2 Å². The van der Waals surface area contributed by atoms with Crippen molar-refractivity contribution in [1.82, 2.24) is 9.38 Å². The highest BCUT2D eigenvalue weighted by atomic mass is 32.1. The summed E-state index contributed by atoms with van der Waals surface area (Å²) in [6, 6.07) is 6.33. The lowest BCUT2D eigenvalue weighted by atomic mass is 9.89. The first-order chi connectivity index (χ1) is 9.04. The SMILES string of the molecule is CC(N)(Cc1cn2ccsc2n1)c1ccc(F)cc1. The van der Waals surface area contributed by atoms with Crippen LogP contribution in [0.3, 0.4) is 0 Å². The molecule has 19 heavy (non-hydrogen) atoms. The van der Waals surface area contributed by atoms with Crippen molar-refractivity contribution in [3.63, 3.8) is 0 Å². The Bertz CT molecular complexity index is 668. The van der Waals surface area contributed by atoms with Gasteiger partial charge in [-0.3, -0.25) is 4.40 Å². The Morgan fingerprint density at radius 1 is 1.37 bits per heavy atom. The van der Waals surface area contributed by atoms with E-state index in [1.807, 2.05) is 29.1 Å². The van der Waals surface area contributed by atoms with Gasteiger partial charge in [0.25, 0.3) is 0 Å². The molecule has 0 spiro atoms. The van der Waals surface area contributed by atoms with Crippen molar-refractivity contribution in [2.75, 3.05) is 0 Å². The van der Waals surface area contributed by atoms with Crippen molar-refractivity contribution in [3.05, 3.63) is 59.1 Å². The second kappa shape index (κ2) is 4.43. The molecule has 3 nitrogen and oxygen atoms in total. The van der Waals surface area contributed by atoms with Crippen LogP contribution in [-0.4, -0.2) is 9.38 Å². The van der Waals surface area contributed by atoms with Crippen LogP contribution in [0.25, 0.3) is 4.96 Å². The first-order valence-electron chi connectivity index (χ1n) is 6.01. The van der Waals surface area contributed by atoms with Crippen LogP contribution >= 0.6 is 11.3 Å². The van der Waals surface area contributed by atoms with Crippen LogP contribution in [0.4, 0.5) is 4.39 Å². The molecule has 0 aliphatic heterocycles. The topological polar surface area (TPSA) is 43.3 Å². The summed E-state index contributed by atoms with van der Waals surface area (Å²) in [5, 5.41) is 1.99. The second-order valence-corrected chi connectivity index (χ2v) is 5.80. The van der Waals surface area contributed by atoms with E-state index in [1.165, 1.54) is 12.1 Å². The van der Waals surface area contributed by atoms with E-state index in [4.69, 9.17) is 5.73 Å². The largest absolute Gasteiger partial charge is 0.321 e. The number of aromatic nitrogens is 2. The molecule has 2 aromatic heterocycles. The third-order valence-corrected chi connectivity index (χ3v) is 3.97. The van der Waals surface area contributed by atoms with Crippen LogP contribution < -0.4 is 5.73 Å². The lowest BCUT2D eigenvalue weighted by Crippen LogP contribution is -2.35. The first-order valence-corrected chi connectivity index (χ1v) is 6.88. The minimum Gasteiger partial charge on any atom is -0.321 e. The van der Waals surface area contributed by atoms with Crippen molar-refractivity contribution in [3.8, 4) is 0 Å². The highest BCUT2D eigenvalue weighted by Gasteiger charge is 2.23. The van der Waals surface area contributed by atoms with Crippen LogP contribution in [0.2, 0.25) is 0 Å². The molecule has 2 heterocycles. The zero-order chi connectivity index (χ0) is 13.5. The molecule has 0 saturated carbocycles. The standard InChI is InChI=1S/C14H14FN3S/c1-14(16,10-2-4-11(15)5-3-10)8-12-9-18-6-7-19-13(18)17-12/h2-7,9H,8,16H2,1H3. The summed E-state index contributed by atoms with van der Waals surface area (Å²) in [6.07, 6.45) is 4.58. The van der Waals surface area contributed by atoms with Gasteiger partial charge >= 0.3 is 0 Å². The van der Waals surface area contributed by atoms with E-state index in [-0.39, 0.29) is 5.82 Å². The minimum absolute atomic E-state index is 0.248. The zero-order valence-corrected chi connectivity index (χ0v) is 11.3. The van der Waals surface area contributed by atoms with Gasteiger partial charge in [0.05, 0.1) is 5.69 Å². The molecular formula is C14H14FN3S. The number of hydrogen-bond donors (Lipinski definition) is 1. The van der Waals surface area contributed by atoms with Gasteiger partial charge in [-0.15, -0.1) is 11.3 Å². The van der Waals surface area contributed by atoms with Crippen molar-refractivity contribution in [1.29, 1.82) is 0 Å². The lowest BCUT2D eigenvalue weighted by Gasteiger charge is -2.24. The molecule has 98 valence electrons. The van der Waals surface area contributed by atoms with Gasteiger partial charge < -0.3 is 5.73 Å². The maximum atomic E-state index is 12.9. The minimum atomic E-state index is -0.558. The van der Waals surface area contributed by atoms with E-state index in [2.05, 4.69) is 4.98 Å². The molecule has 0 bridgehead atoms. The zero-order valence-electron chi connectivity index (χ0n) is 10.5. The first kappa shape index (κ1) is 12.3.